The third kappa shape index (κ3) is 2.24. The van der Waals surface area contributed by atoms with Crippen LogP contribution in [0.5, 0.6) is 11.5 Å². The minimum absolute atomic E-state index is 0.225. The van der Waals surface area contributed by atoms with E-state index < -0.39 is 5.97 Å². The normalized spacial score (nSPS) is 10.3. The number of methoxy groups -OCH3 is 2. The summed E-state index contributed by atoms with van der Waals surface area (Å²) in [6.07, 6.45) is 0. The highest BCUT2D eigenvalue weighted by atomic mass is 16.5. The van der Waals surface area contributed by atoms with E-state index in [1.54, 1.807) is 13.2 Å². The van der Waals surface area contributed by atoms with Crippen LogP contribution < -0.4 is 9.47 Å². The van der Waals surface area contributed by atoms with Gasteiger partial charge in [0.2, 0.25) is 5.76 Å². The minimum atomic E-state index is -1.17. The summed E-state index contributed by atoms with van der Waals surface area (Å²) in [5.41, 5.74) is 1.90. The van der Waals surface area contributed by atoms with Gasteiger partial charge in [-0.1, -0.05) is 11.2 Å². The molecule has 0 aliphatic heterocycles. The van der Waals surface area contributed by atoms with Crippen molar-refractivity contribution in [2.75, 3.05) is 14.2 Å². The Kier molecular flexibility index (Phi) is 3.41. The Morgan fingerprint density at radius 3 is 2.47 bits per heavy atom. The third-order valence-electron chi connectivity index (χ3n) is 2.71. The van der Waals surface area contributed by atoms with E-state index in [2.05, 4.69) is 5.16 Å². The number of benzene rings is 1. The van der Waals surface area contributed by atoms with Crippen molar-refractivity contribution >= 4 is 5.97 Å². The van der Waals surface area contributed by atoms with E-state index in [-0.39, 0.29) is 5.76 Å². The molecular formula is C13H13NO5. The molecule has 6 nitrogen and oxygen atoms in total. The SMILES string of the molecule is COc1c(C)ccc(-c2cc(C(=O)O)on2)c1OC. The van der Waals surface area contributed by atoms with Gasteiger partial charge in [0.05, 0.1) is 14.2 Å². The van der Waals surface area contributed by atoms with Gasteiger partial charge in [-0.3, -0.25) is 0 Å². The van der Waals surface area contributed by atoms with Gasteiger partial charge >= 0.3 is 5.97 Å². The Morgan fingerprint density at radius 1 is 1.26 bits per heavy atom. The maximum absolute atomic E-state index is 10.8. The summed E-state index contributed by atoms with van der Waals surface area (Å²) < 4.78 is 15.3. The molecule has 0 radical (unpaired) electrons. The monoisotopic (exact) mass is 263 g/mol. The smallest absolute Gasteiger partial charge is 0.374 e. The maximum atomic E-state index is 10.8. The van der Waals surface area contributed by atoms with Crippen molar-refractivity contribution in [3.05, 3.63) is 29.5 Å². The molecule has 6 heteroatoms. The van der Waals surface area contributed by atoms with E-state index >= 15 is 0 Å². The topological polar surface area (TPSA) is 81.8 Å². The van der Waals surface area contributed by atoms with Gasteiger partial charge < -0.3 is 19.1 Å². The van der Waals surface area contributed by atoms with Crippen molar-refractivity contribution in [1.29, 1.82) is 0 Å². The molecule has 0 saturated carbocycles. The lowest BCUT2D eigenvalue weighted by atomic mass is 10.1. The lowest BCUT2D eigenvalue weighted by Gasteiger charge is -2.13. The average molecular weight is 263 g/mol. The van der Waals surface area contributed by atoms with Gasteiger partial charge in [0.1, 0.15) is 5.69 Å². The highest BCUT2D eigenvalue weighted by Crippen LogP contribution is 2.39. The van der Waals surface area contributed by atoms with Crippen LogP contribution in [0.15, 0.2) is 22.7 Å². The maximum Gasteiger partial charge on any atom is 0.374 e. The van der Waals surface area contributed by atoms with E-state index in [0.717, 1.165) is 5.56 Å². The van der Waals surface area contributed by atoms with Gasteiger partial charge in [0, 0.05) is 11.6 Å². The average Bonchev–Trinajstić information content (AvgIpc) is 2.87. The number of hydrogen-bond donors (Lipinski definition) is 1. The molecule has 1 N–H and O–H groups in total. The highest BCUT2D eigenvalue weighted by molar-refractivity contribution is 5.86. The molecule has 19 heavy (non-hydrogen) atoms. The summed E-state index contributed by atoms with van der Waals surface area (Å²) in [7, 11) is 3.05. The molecule has 0 unspecified atom stereocenters. The van der Waals surface area contributed by atoms with E-state index in [1.807, 2.05) is 13.0 Å². The van der Waals surface area contributed by atoms with Crippen molar-refractivity contribution in [1.82, 2.24) is 5.16 Å². The zero-order valence-electron chi connectivity index (χ0n) is 10.8. The molecule has 2 aromatic rings. The van der Waals surface area contributed by atoms with Crippen LogP contribution >= 0.6 is 0 Å². The summed E-state index contributed by atoms with van der Waals surface area (Å²) in [5, 5.41) is 12.6. The fraction of sp³-hybridized carbons (Fsp3) is 0.231. The Labute approximate surface area is 109 Å². The minimum Gasteiger partial charge on any atom is -0.493 e. The van der Waals surface area contributed by atoms with Crippen molar-refractivity contribution in [3.63, 3.8) is 0 Å². The molecule has 1 aromatic carbocycles. The molecule has 100 valence electrons. The first kappa shape index (κ1) is 12.9. The number of hydrogen-bond acceptors (Lipinski definition) is 5. The van der Waals surface area contributed by atoms with Crippen LogP contribution in [0.3, 0.4) is 0 Å². The van der Waals surface area contributed by atoms with Crippen LogP contribution in [0.4, 0.5) is 0 Å². The molecule has 0 saturated heterocycles. The van der Waals surface area contributed by atoms with Gasteiger partial charge in [0.15, 0.2) is 11.5 Å². The summed E-state index contributed by atoms with van der Waals surface area (Å²) in [6, 6.07) is 4.96. The predicted octanol–water partition coefficient (Wildman–Crippen LogP) is 2.37. The van der Waals surface area contributed by atoms with Crippen LogP contribution in [0, 0.1) is 6.92 Å². The zero-order chi connectivity index (χ0) is 14.0. The van der Waals surface area contributed by atoms with Crippen molar-refractivity contribution in [3.8, 4) is 22.8 Å². The first-order valence-corrected chi connectivity index (χ1v) is 5.50. The molecule has 0 aliphatic rings. The van der Waals surface area contributed by atoms with Gasteiger partial charge in [-0.25, -0.2) is 4.79 Å². The van der Waals surface area contributed by atoms with Crippen LogP contribution in [0.25, 0.3) is 11.3 Å². The molecule has 0 amide bonds. The summed E-state index contributed by atoms with van der Waals surface area (Å²) >= 11 is 0. The van der Waals surface area contributed by atoms with Gasteiger partial charge in [-0.2, -0.15) is 0 Å². The second-order valence-electron chi connectivity index (χ2n) is 3.88. The summed E-state index contributed by atoms with van der Waals surface area (Å²) in [6.45, 7) is 1.89. The molecule has 0 bridgehead atoms. The number of aromatic nitrogens is 1. The summed E-state index contributed by atoms with van der Waals surface area (Å²) in [4.78, 5) is 10.8. The molecule has 1 heterocycles. The number of nitrogens with zero attached hydrogens (tertiary/aromatic N) is 1. The number of carbonyl (C=O) groups is 1. The van der Waals surface area contributed by atoms with Crippen LogP contribution in [0.2, 0.25) is 0 Å². The van der Waals surface area contributed by atoms with Crippen molar-refractivity contribution in [2.24, 2.45) is 0 Å². The molecule has 1 aromatic heterocycles. The molecule has 0 spiro atoms. The number of carboxylic acids is 1. The Balaban J connectivity index is 2.58. The fourth-order valence-corrected chi connectivity index (χ4v) is 1.82. The number of aryl methyl sites for hydroxylation is 1. The standard InChI is InChI=1S/C13H13NO5/c1-7-4-5-8(12(18-3)11(7)17-2)9-6-10(13(15)16)19-14-9/h4-6H,1-3H3,(H,15,16). The molecule has 0 aliphatic carbocycles. The molecule has 2 rings (SSSR count). The van der Waals surface area contributed by atoms with E-state index in [0.29, 0.717) is 22.8 Å². The van der Waals surface area contributed by atoms with E-state index in [9.17, 15) is 4.79 Å². The third-order valence-corrected chi connectivity index (χ3v) is 2.71. The largest absolute Gasteiger partial charge is 0.493 e. The van der Waals surface area contributed by atoms with Crippen LogP contribution in [-0.2, 0) is 0 Å². The number of rotatable bonds is 4. The Hall–Kier alpha value is -2.50. The Bertz CT molecular complexity index is 617. The molecular weight excluding hydrogens is 250 g/mol. The van der Waals surface area contributed by atoms with Crippen molar-refractivity contribution in [2.45, 2.75) is 6.92 Å². The van der Waals surface area contributed by atoms with Crippen LogP contribution in [0.1, 0.15) is 16.1 Å². The molecule has 0 fully saturated rings. The lowest BCUT2D eigenvalue weighted by Crippen LogP contribution is -1.96. The van der Waals surface area contributed by atoms with Gasteiger partial charge in [-0.15, -0.1) is 0 Å². The van der Waals surface area contributed by atoms with Crippen LogP contribution in [-0.4, -0.2) is 30.5 Å². The first-order chi connectivity index (χ1) is 9.08. The van der Waals surface area contributed by atoms with Gasteiger partial charge in [-0.05, 0) is 18.6 Å². The number of aromatic carboxylic acids is 1. The van der Waals surface area contributed by atoms with Gasteiger partial charge in [0.25, 0.3) is 0 Å². The lowest BCUT2D eigenvalue weighted by molar-refractivity contribution is 0.0652. The predicted molar refractivity (Wildman–Crippen MR) is 66.7 cm³/mol. The second kappa shape index (κ2) is 5.01. The summed E-state index contributed by atoms with van der Waals surface area (Å²) in [5.74, 6) is -0.319. The van der Waals surface area contributed by atoms with E-state index in [1.165, 1.54) is 13.2 Å². The number of ether oxygens (including phenoxy) is 2. The van der Waals surface area contributed by atoms with Crippen molar-refractivity contribution < 1.29 is 23.9 Å². The quantitative estimate of drug-likeness (QED) is 0.911. The first-order valence-electron chi connectivity index (χ1n) is 5.50. The molecule has 0 atom stereocenters. The highest BCUT2D eigenvalue weighted by Gasteiger charge is 2.19. The number of carboxylic acid groups (broad SMARTS) is 1. The fourth-order valence-electron chi connectivity index (χ4n) is 1.82. The zero-order valence-corrected chi connectivity index (χ0v) is 10.8. The van der Waals surface area contributed by atoms with E-state index in [4.69, 9.17) is 19.1 Å². The second-order valence-corrected chi connectivity index (χ2v) is 3.88. The Morgan fingerprint density at radius 2 is 1.95 bits per heavy atom.